The number of aliphatic hydroxyl groups excluding tert-OH is 2. The molecule has 0 amide bonds. The molecule has 3 N–H and O–H groups in total. The van der Waals surface area contributed by atoms with E-state index < -0.39 is 46.5 Å². The van der Waals surface area contributed by atoms with Crippen molar-refractivity contribution in [2.24, 2.45) is 34.5 Å². The lowest BCUT2D eigenvalue weighted by molar-refractivity contribution is -0.183. The van der Waals surface area contributed by atoms with Gasteiger partial charge in [0.25, 0.3) is 0 Å². The van der Waals surface area contributed by atoms with E-state index in [-0.39, 0.29) is 30.1 Å². The lowest BCUT2D eigenvalue weighted by atomic mass is 9.46. The SMILES string of the molecule is C[C@@H]1C[C@H]2[C@@H]3CCC4=CC(=O)C(F)=C[C@]4(C)[C@H]3[C@@H](O)C[C@]2(C)[C@@]1(O)C(=O)CO. The molecule has 0 aromatic rings. The molecule has 3 fully saturated rings. The quantitative estimate of drug-likeness (QED) is 0.669. The minimum absolute atomic E-state index is 0.00359. The molecule has 0 bridgehead atoms. The van der Waals surface area contributed by atoms with E-state index in [0.29, 0.717) is 12.8 Å². The van der Waals surface area contributed by atoms with Crippen molar-refractivity contribution in [2.45, 2.75) is 58.2 Å². The number of aliphatic hydroxyl groups is 3. The summed E-state index contributed by atoms with van der Waals surface area (Å²) < 4.78 is 14.2. The number of Topliss-reactive ketones (excluding diaryl/α,β-unsaturated/α-hetero) is 1. The van der Waals surface area contributed by atoms with Crippen LogP contribution in [0.2, 0.25) is 0 Å². The summed E-state index contributed by atoms with van der Waals surface area (Å²) >= 11 is 0. The van der Waals surface area contributed by atoms with E-state index in [2.05, 4.69) is 0 Å². The Hall–Kier alpha value is -1.37. The number of allylic oxidation sites excluding steroid dienone is 4. The first-order valence-electron chi connectivity index (χ1n) is 10.2. The van der Waals surface area contributed by atoms with Gasteiger partial charge in [-0.05, 0) is 55.6 Å². The lowest BCUT2D eigenvalue weighted by Crippen LogP contribution is -2.62. The molecule has 0 aliphatic heterocycles. The van der Waals surface area contributed by atoms with E-state index in [1.165, 1.54) is 12.2 Å². The van der Waals surface area contributed by atoms with Crippen LogP contribution in [0.5, 0.6) is 0 Å². The summed E-state index contributed by atoms with van der Waals surface area (Å²) in [6.45, 7) is 4.83. The molecule has 6 heteroatoms. The Kier molecular flexibility index (Phi) is 4.32. The summed E-state index contributed by atoms with van der Waals surface area (Å²) in [5.74, 6) is -2.62. The highest BCUT2D eigenvalue weighted by atomic mass is 19.1. The van der Waals surface area contributed by atoms with E-state index in [4.69, 9.17) is 0 Å². The third-order valence-corrected chi connectivity index (χ3v) is 8.70. The Morgan fingerprint density at radius 2 is 2.04 bits per heavy atom. The highest BCUT2D eigenvalue weighted by Crippen LogP contribution is 2.68. The maximum Gasteiger partial charge on any atom is 0.213 e. The van der Waals surface area contributed by atoms with Crippen molar-refractivity contribution in [1.82, 2.24) is 0 Å². The van der Waals surface area contributed by atoms with Crippen LogP contribution in [0.4, 0.5) is 4.39 Å². The van der Waals surface area contributed by atoms with Gasteiger partial charge in [-0.25, -0.2) is 4.39 Å². The van der Waals surface area contributed by atoms with Gasteiger partial charge in [-0.1, -0.05) is 26.3 Å². The van der Waals surface area contributed by atoms with E-state index in [1.54, 1.807) is 0 Å². The van der Waals surface area contributed by atoms with Crippen LogP contribution in [0.3, 0.4) is 0 Å². The van der Waals surface area contributed by atoms with Crippen molar-refractivity contribution in [3.8, 4) is 0 Å². The molecule has 8 atom stereocenters. The van der Waals surface area contributed by atoms with Gasteiger partial charge >= 0.3 is 0 Å². The molecule has 0 radical (unpaired) electrons. The summed E-state index contributed by atoms with van der Waals surface area (Å²) in [7, 11) is 0. The lowest BCUT2D eigenvalue weighted by Gasteiger charge is -2.59. The van der Waals surface area contributed by atoms with Gasteiger partial charge in [-0.2, -0.15) is 0 Å². The molecule has 28 heavy (non-hydrogen) atoms. The molecule has 0 spiro atoms. The molecule has 3 saturated carbocycles. The van der Waals surface area contributed by atoms with Gasteiger partial charge in [0.15, 0.2) is 11.6 Å². The highest BCUT2D eigenvalue weighted by Gasteiger charge is 2.70. The summed E-state index contributed by atoms with van der Waals surface area (Å²) in [6, 6.07) is 0. The molecule has 0 aromatic heterocycles. The molecular formula is C22H29FO5. The van der Waals surface area contributed by atoms with Crippen molar-refractivity contribution in [1.29, 1.82) is 0 Å². The summed E-state index contributed by atoms with van der Waals surface area (Å²) in [5.41, 5.74) is -2.42. The molecule has 0 aromatic carbocycles. The zero-order chi connectivity index (χ0) is 20.6. The third-order valence-electron chi connectivity index (χ3n) is 8.70. The smallest absolute Gasteiger partial charge is 0.213 e. The van der Waals surface area contributed by atoms with Crippen molar-refractivity contribution in [3.63, 3.8) is 0 Å². The summed E-state index contributed by atoms with van der Waals surface area (Å²) in [4.78, 5) is 24.4. The molecule has 4 aliphatic rings. The molecule has 4 aliphatic carbocycles. The van der Waals surface area contributed by atoms with Gasteiger partial charge in [0.1, 0.15) is 12.2 Å². The minimum Gasteiger partial charge on any atom is -0.393 e. The van der Waals surface area contributed by atoms with E-state index in [1.807, 2.05) is 20.8 Å². The minimum atomic E-state index is -1.68. The zero-order valence-corrected chi connectivity index (χ0v) is 16.6. The predicted octanol–water partition coefficient (Wildman–Crippen LogP) is 2.10. The molecule has 154 valence electrons. The molecule has 0 heterocycles. The fourth-order valence-electron chi connectivity index (χ4n) is 7.43. The van der Waals surface area contributed by atoms with Crippen molar-refractivity contribution >= 4 is 11.6 Å². The monoisotopic (exact) mass is 392 g/mol. The average molecular weight is 392 g/mol. The third kappa shape index (κ3) is 2.22. The van der Waals surface area contributed by atoms with E-state index >= 15 is 0 Å². The Morgan fingerprint density at radius 3 is 2.68 bits per heavy atom. The molecule has 0 saturated heterocycles. The fraction of sp³-hybridized carbons (Fsp3) is 0.727. The van der Waals surface area contributed by atoms with Crippen LogP contribution in [0, 0.1) is 34.5 Å². The van der Waals surface area contributed by atoms with Crippen LogP contribution >= 0.6 is 0 Å². The predicted molar refractivity (Wildman–Crippen MR) is 99.6 cm³/mol. The standard InChI is InChI=1S/C22H29FO5/c1-11-6-14-13-5-4-12-7-16(25)15(23)8-20(12,2)19(13)17(26)9-21(14,3)22(11,28)18(27)10-24/h7-8,11,13-14,17,19,24,26,28H,4-6,9-10H2,1-3H3/t11-,13+,14+,17+,19-,20+,21+,22+/m1/s1. The molecule has 4 rings (SSSR count). The second-order valence-electron chi connectivity index (χ2n) is 9.82. The average Bonchev–Trinajstić information content (AvgIpc) is 2.83. The van der Waals surface area contributed by atoms with Gasteiger partial charge < -0.3 is 15.3 Å². The Morgan fingerprint density at radius 1 is 1.36 bits per heavy atom. The topological polar surface area (TPSA) is 94.8 Å². The second kappa shape index (κ2) is 6.07. The van der Waals surface area contributed by atoms with Crippen LogP contribution in [-0.4, -0.2) is 45.2 Å². The first kappa shape index (κ1) is 19.9. The first-order valence-corrected chi connectivity index (χ1v) is 10.2. The maximum absolute atomic E-state index is 14.2. The summed E-state index contributed by atoms with van der Waals surface area (Å²) in [6.07, 6.45) is 4.09. The van der Waals surface area contributed by atoms with Gasteiger partial charge in [-0.15, -0.1) is 0 Å². The van der Waals surface area contributed by atoms with Crippen LogP contribution in [-0.2, 0) is 9.59 Å². The van der Waals surface area contributed by atoms with Crippen molar-refractivity contribution in [3.05, 3.63) is 23.6 Å². The highest BCUT2D eigenvalue weighted by molar-refractivity contribution is 6.04. The van der Waals surface area contributed by atoms with Gasteiger partial charge in [0.2, 0.25) is 5.78 Å². The van der Waals surface area contributed by atoms with Gasteiger partial charge in [0.05, 0.1) is 6.10 Å². The number of halogens is 1. The Balaban J connectivity index is 1.79. The number of ketones is 2. The number of carbonyl (C=O) groups is 2. The molecule has 0 unspecified atom stereocenters. The largest absolute Gasteiger partial charge is 0.393 e. The van der Waals surface area contributed by atoms with Crippen LogP contribution < -0.4 is 0 Å². The number of rotatable bonds is 2. The van der Waals surface area contributed by atoms with Crippen molar-refractivity contribution < 1.29 is 29.3 Å². The summed E-state index contributed by atoms with van der Waals surface area (Å²) in [5, 5.41) is 32.1. The number of fused-ring (bicyclic) bond motifs is 5. The van der Waals surface area contributed by atoms with Crippen LogP contribution in [0.1, 0.15) is 46.5 Å². The molecular weight excluding hydrogens is 363 g/mol. The Bertz CT molecular complexity index is 803. The second-order valence-corrected chi connectivity index (χ2v) is 9.82. The fourth-order valence-corrected chi connectivity index (χ4v) is 7.43. The number of carbonyl (C=O) groups excluding carboxylic acids is 2. The molecule has 5 nitrogen and oxygen atoms in total. The first-order chi connectivity index (χ1) is 13.0. The van der Waals surface area contributed by atoms with E-state index in [0.717, 1.165) is 12.0 Å². The zero-order valence-electron chi connectivity index (χ0n) is 16.6. The maximum atomic E-state index is 14.2. The van der Waals surface area contributed by atoms with Crippen LogP contribution in [0.25, 0.3) is 0 Å². The van der Waals surface area contributed by atoms with Gasteiger partial charge in [-0.3, -0.25) is 9.59 Å². The van der Waals surface area contributed by atoms with E-state index in [9.17, 15) is 29.3 Å². The number of hydrogen-bond donors (Lipinski definition) is 3. The van der Waals surface area contributed by atoms with Gasteiger partial charge in [0, 0.05) is 16.7 Å². The van der Waals surface area contributed by atoms with Crippen molar-refractivity contribution in [2.75, 3.05) is 6.61 Å². The number of hydrogen-bond acceptors (Lipinski definition) is 5. The normalized spacial score (nSPS) is 50.2. The van der Waals surface area contributed by atoms with Crippen LogP contribution in [0.15, 0.2) is 23.6 Å². The Labute approximate surface area is 164 Å².